The molecule has 0 unspecified atom stereocenters. The van der Waals surface area contributed by atoms with Crippen molar-refractivity contribution in [3.8, 4) is 0 Å². The molecule has 2 rings (SSSR count). The van der Waals surface area contributed by atoms with E-state index in [9.17, 15) is 0 Å². The lowest BCUT2D eigenvalue weighted by Crippen LogP contribution is -2.12. The number of hydrogen-bond donors (Lipinski definition) is 1. The third-order valence-corrected chi connectivity index (χ3v) is 4.18. The summed E-state index contributed by atoms with van der Waals surface area (Å²) in [6, 6.07) is 14.4. The van der Waals surface area contributed by atoms with E-state index in [0.29, 0.717) is 6.61 Å². The van der Waals surface area contributed by atoms with E-state index in [1.807, 2.05) is 12.1 Å². The molecule has 0 bridgehead atoms. The van der Waals surface area contributed by atoms with Gasteiger partial charge in [0.1, 0.15) is 0 Å². The molecule has 0 aliphatic rings. The van der Waals surface area contributed by atoms with Crippen molar-refractivity contribution in [3.63, 3.8) is 0 Å². The maximum Gasteiger partial charge on any atom is 0.0713 e. The summed E-state index contributed by atoms with van der Waals surface area (Å²) in [4.78, 5) is 0. The molecule has 0 radical (unpaired) electrons. The van der Waals surface area contributed by atoms with Crippen molar-refractivity contribution in [1.82, 2.24) is 5.32 Å². The van der Waals surface area contributed by atoms with Crippen LogP contribution in [0.4, 0.5) is 0 Å². The Balaban J connectivity index is 1.89. The van der Waals surface area contributed by atoms with Gasteiger partial charge in [0.25, 0.3) is 0 Å². The second-order valence-corrected chi connectivity index (χ2v) is 5.87. The third kappa shape index (κ3) is 4.60. The standard InChI is InChI=1S/C16H17BrClNO/c1-20-11-14-4-2-3-12(7-14)9-19-10-13-5-6-15(17)16(18)8-13/h2-8,19H,9-11H2,1H3. The van der Waals surface area contributed by atoms with Crippen molar-refractivity contribution in [2.45, 2.75) is 19.7 Å². The smallest absolute Gasteiger partial charge is 0.0713 e. The van der Waals surface area contributed by atoms with Crippen LogP contribution < -0.4 is 5.32 Å². The first-order valence-corrected chi connectivity index (χ1v) is 7.57. The van der Waals surface area contributed by atoms with E-state index in [1.165, 1.54) is 16.7 Å². The van der Waals surface area contributed by atoms with Crippen molar-refractivity contribution in [2.24, 2.45) is 0 Å². The van der Waals surface area contributed by atoms with Crippen LogP contribution in [-0.4, -0.2) is 7.11 Å². The zero-order valence-corrected chi connectivity index (χ0v) is 13.7. The first-order valence-electron chi connectivity index (χ1n) is 6.40. The molecule has 0 spiro atoms. The minimum absolute atomic E-state index is 0.649. The van der Waals surface area contributed by atoms with Crippen molar-refractivity contribution in [2.75, 3.05) is 7.11 Å². The summed E-state index contributed by atoms with van der Waals surface area (Å²) in [7, 11) is 1.71. The molecular formula is C16H17BrClNO. The summed E-state index contributed by atoms with van der Waals surface area (Å²) >= 11 is 9.47. The Hall–Kier alpha value is -0.870. The first kappa shape index (κ1) is 15.5. The van der Waals surface area contributed by atoms with Crippen LogP contribution in [0.1, 0.15) is 16.7 Å². The molecule has 0 amide bonds. The monoisotopic (exact) mass is 353 g/mol. The lowest BCUT2D eigenvalue weighted by atomic mass is 10.1. The summed E-state index contributed by atoms with van der Waals surface area (Å²) in [6.07, 6.45) is 0. The molecule has 1 N–H and O–H groups in total. The van der Waals surface area contributed by atoms with Crippen LogP contribution in [0.5, 0.6) is 0 Å². The highest BCUT2D eigenvalue weighted by molar-refractivity contribution is 9.10. The highest BCUT2D eigenvalue weighted by Gasteiger charge is 2.00. The zero-order chi connectivity index (χ0) is 14.4. The molecule has 4 heteroatoms. The molecule has 0 saturated carbocycles. The fraction of sp³-hybridized carbons (Fsp3) is 0.250. The normalized spacial score (nSPS) is 10.8. The van der Waals surface area contributed by atoms with Gasteiger partial charge in [-0.3, -0.25) is 0 Å². The minimum Gasteiger partial charge on any atom is -0.380 e. The van der Waals surface area contributed by atoms with Gasteiger partial charge >= 0.3 is 0 Å². The molecule has 0 aliphatic heterocycles. The van der Waals surface area contributed by atoms with E-state index in [1.54, 1.807) is 7.11 Å². The SMILES string of the molecule is COCc1cccc(CNCc2ccc(Br)c(Cl)c2)c1. The maximum absolute atomic E-state index is 6.08. The van der Waals surface area contributed by atoms with Crippen LogP contribution in [0.2, 0.25) is 5.02 Å². The van der Waals surface area contributed by atoms with Gasteiger partial charge in [-0.25, -0.2) is 0 Å². The number of halogens is 2. The molecular weight excluding hydrogens is 338 g/mol. The first-order chi connectivity index (χ1) is 9.69. The Morgan fingerprint density at radius 3 is 2.45 bits per heavy atom. The predicted octanol–water partition coefficient (Wildman–Crippen LogP) is 4.54. The lowest BCUT2D eigenvalue weighted by molar-refractivity contribution is 0.185. The van der Waals surface area contributed by atoms with Crippen molar-refractivity contribution >= 4 is 27.5 Å². The molecule has 0 fully saturated rings. The topological polar surface area (TPSA) is 21.3 Å². The molecule has 2 aromatic rings. The van der Waals surface area contributed by atoms with Crippen LogP contribution in [0, 0.1) is 0 Å². The predicted molar refractivity (Wildman–Crippen MR) is 86.9 cm³/mol. The average Bonchev–Trinajstić information content (AvgIpc) is 2.44. The largest absolute Gasteiger partial charge is 0.380 e. The number of benzene rings is 2. The summed E-state index contributed by atoms with van der Waals surface area (Å²) < 4.78 is 6.07. The van der Waals surface area contributed by atoms with E-state index in [0.717, 1.165) is 22.6 Å². The fourth-order valence-corrected chi connectivity index (χ4v) is 2.45. The fourth-order valence-electron chi connectivity index (χ4n) is 2.00. The summed E-state index contributed by atoms with van der Waals surface area (Å²) in [5.74, 6) is 0. The summed E-state index contributed by atoms with van der Waals surface area (Å²) in [5.41, 5.74) is 3.62. The highest BCUT2D eigenvalue weighted by atomic mass is 79.9. The van der Waals surface area contributed by atoms with Crippen LogP contribution in [-0.2, 0) is 24.4 Å². The van der Waals surface area contributed by atoms with Crippen LogP contribution >= 0.6 is 27.5 Å². The van der Waals surface area contributed by atoms with Crippen molar-refractivity contribution in [1.29, 1.82) is 0 Å². The lowest BCUT2D eigenvalue weighted by Gasteiger charge is -2.08. The molecule has 0 aliphatic carbocycles. The Labute approximate surface area is 133 Å². The molecule has 0 aromatic heterocycles. The summed E-state index contributed by atoms with van der Waals surface area (Å²) in [6.45, 7) is 2.27. The molecule has 0 heterocycles. The van der Waals surface area contributed by atoms with E-state index in [2.05, 4.69) is 51.6 Å². The van der Waals surface area contributed by atoms with Gasteiger partial charge in [0, 0.05) is 24.7 Å². The van der Waals surface area contributed by atoms with Gasteiger partial charge in [-0.2, -0.15) is 0 Å². The van der Waals surface area contributed by atoms with Gasteiger partial charge in [0.05, 0.1) is 11.6 Å². The maximum atomic E-state index is 6.08. The molecule has 2 aromatic carbocycles. The third-order valence-electron chi connectivity index (χ3n) is 2.94. The van der Waals surface area contributed by atoms with E-state index in [-0.39, 0.29) is 0 Å². The number of rotatable bonds is 6. The number of methoxy groups -OCH3 is 1. The quantitative estimate of drug-likeness (QED) is 0.822. The van der Waals surface area contributed by atoms with E-state index in [4.69, 9.17) is 16.3 Å². The van der Waals surface area contributed by atoms with E-state index >= 15 is 0 Å². The zero-order valence-electron chi connectivity index (χ0n) is 11.3. The average molecular weight is 355 g/mol. The van der Waals surface area contributed by atoms with Gasteiger partial charge in [0.15, 0.2) is 0 Å². The Bertz CT molecular complexity index is 574. The molecule has 106 valence electrons. The molecule has 2 nitrogen and oxygen atoms in total. The van der Waals surface area contributed by atoms with Crippen molar-refractivity contribution in [3.05, 3.63) is 68.7 Å². The second-order valence-electron chi connectivity index (χ2n) is 4.60. The minimum atomic E-state index is 0.649. The Morgan fingerprint density at radius 1 is 1.05 bits per heavy atom. The van der Waals surface area contributed by atoms with Crippen LogP contribution in [0.25, 0.3) is 0 Å². The molecule has 20 heavy (non-hydrogen) atoms. The van der Waals surface area contributed by atoms with Gasteiger partial charge in [-0.1, -0.05) is 41.9 Å². The van der Waals surface area contributed by atoms with Gasteiger partial charge in [-0.15, -0.1) is 0 Å². The highest BCUT2D eigenvalue weighted by Crippen LogP contribution is 2.23. The van der Waals surface area contributed by atoms with Gasteiger partial charge < -0.3 is 10.1 Å². The van der Waals surface area contributed by atoms with Crippen LogP contribution in [0.15, 0.2) is 46.9 Å². The summed E-state index contributed by atoms with van der Waals surface area (Å²) in [5, 5.41) is 4.16. The number of hydrogen-bond acceptors (Lipinski definition) is 2. The molecule has 0 saturated heterocycles. The molecule has 0 atom stereocenters. The van der Waals surface area contributed by atoms with E-state index < -0.39 is 0 Å². The Morgan fingerprint density at radius 2 is 1.75 bits per heavy atom. The number of ether oxygens (including phenoxy) is 1. The Kier molecular flexibility index (Phi) is 6.05. The van der Waals surface area contributed by atoms with Gasteiger partial charge in [-0.05, 0) is 44.8 Å². The van der Waals surface area contributed by atoms with Gasteiger partial charge in [0.2, 0.25) is 0 Å². The van der Waals surface area contributed by atoms with Crippen LogP contribution in [0.3, 0.4) is 0 Å². The number of nitrogens with one attached hydrogen (secondary N) is 1. The van der Waals surface area contributed by atoms with Crippen molar-refractivity contribution < 1.29 is 4.74 Å². The second kappa shape index (κ2) is 7.79.